The average Bonchev–Trinajstić information content (AvgIpc) is 2.41. The number of morpholine rings is 1. The van der Waals surface area contributed by atoms with Crippen LogP contribution < -0.4 is 5.73 Å². The Labute approximate surface area is 125 Å². The van der Waals surface area contributed by atoms with Gasteiger partial charge in [0.1, 0.15) is 10.7 Å². The van der Waals surface area contributed by atoms with E-state index in [4.69, 9.17) is 15.6 Å². The van der Waals surface area contributed by atoms with Crippen LogP contribution in [0.5, 0.6) is 0 Å². The second-order valence-corrected chi connectivity index (χ2v) is 7.37. The number of anilines is 1. The van der Waals surface area contributed by atoms with E-state index in [9.17, 15) is 8.42 Å². The summed E-state index contributed by atoms with van der Waals surface area (Å²) in [6, 6.07) is 1.09. The van der Waals surface area contributed by atoms with E-state index < -0.39 is 16.1 Å². The molecule has 112 valence electrons. The predicted octanol–water partition coefficient (Wildman–Crippen LogP) is 0.197. The molecule has 7 nitrogen and oxygen atoms in total. The van der Waals surface area contributed by atoms with Crippen LogP contribution in [0.4, 0.5) is 5.82 Å². The molecule has 0 radical (unpaired) electrons. The van der Waals surface area contributed by atoms with Crippen LogP contribution in [0.15, 0.2) is 21.6 Å². The van der Waals surface area contributed by atoms with Gasteiger partial charge in [-0.2, -0.15) is 4.31 Å². The van der Waals surface area contributed by atoms with Gasteiger partial charge in [-0.1, -0.05) is 0 Å². The second-order valence-electron chi connectivity index (χ2n) is 4.60. The number of pyridine rings is 1. The average molecular weight is 366 g/mol. The quantitative estimate of drug-likeness (QED) is 0.792. The summed E-state index contributed by atoms with van der Waals surface area (Å²) in [5, 5.41) is 9.14. The van der Waals surface area contributed by atoms with Gasteiger partial charge in [0, 0.05) is 23.3 Å². The van der Waals surface area contributed by atoms with Gasteiger partial charge in [-0.25, -0.2) is 13.4 Å². The second kappa shape index (κ2) is 5.94. The first-order valence-corrected chi connectivity index (χ1v) is 8.25. The normalized spacial score (nSPS) is 24.8. The first-order valence-electron chi connectivity index (χ1n) is 6.01. The SMILES string of the molecule is CC1COC(CO)CN1S(=O)(=O)c1cc(Br)cnc1N. The Hall–Kier alpha value is -0.740. The number of hydrogen-bond donors (Lipinski definition) is 2. The number of rotatable bonds is 3. The van der Waals surface area contributed by atoms with Crippen LogP contribution in [0.25, 0.3) is 0 Å². The molecule has 1 saturated heterocycles. The highest BCUT2D eigenvalue weighted by Crippen LogP contribution is 2.27. The van der Waals surface area contributed by atoms with E-state index in [2.05, 4.69) is 20.9 Å². The largest absolute Gasteiger partial charge is 0.394 e. The molecule has 2 unspecified atom stereocenters. The zero-order chi connectivity index (χ0) is 14.9. The Morgan fingerprint density at radius 2 is 2.35 bits per heavy atom. The van der Waals surface area contributed by atoms with Gasteiger partial charge >= 0.3 is 0 Å². The van der Waals surface area contributed by atoms with Crippen molar-refractivity contribution >= 4 is 31.8 Å². The highest BCUT2D eigenvalue weighted by atomic mass is 79.9. The molecule has 3 N–H and O–H groups in total. The van der Waals surface area contributed by atoms with Crippen molar-refractivity contribution < 1.29 is 18.3 Å². The van der Waals surface area contributed by atoms with Gasteiger partial charge in [-0.15, -0.1) is 0 Å². The lowest BCUT2D eigenvalue weighted by Gasteiger charge is -2.36. The summed E-state index contributed by atoms with van der Waals surface area (Å²) >= 11 is 3.19. The van der Waals surface area contributed by atoms with Crippen LogP contribution in [-0.4, -0.2) is 54.7 Å². The van der Waals surface area contributed by atoms with Crippen molar-refractivity contribution in [1.82, 2.24) is 9.29 Å². The maximum absolute atomic E-state index is 12.7. The maximum atomic E-state index is 12.7. The fraction of sp³-hybridized carbons (Fsp3) is 0.545. The van der Waals surface area contributed by atoms with Crippen LogP contribution in [0.2, 0.25) is 0 Å². The Kier molecular flexibility index (Phi) is 4.65. The van der Waals surface area contributed by atoms with E-state index in [-0.39, 0.29) is 36.5 Å². The molecule has 2 atom stereocenters. The minimum atomic E-state index is -3.78. The van der Waals surface area contributed by atoms with E-state index in [1.54, 1.807) is 6.92 Å². The third-order valence-electron chi connectivity index (χ3n) is 3.09. The molecule has 1 fully saturated rings. The monoisotopic (exact) mass is 365 g/mol. The molecular formula is C11H16BrN3O4S. The molecule has 1 aromatic heterocycles. The predicted molar refractivity (Wildman–Crippen MR) is 76.5 cm³/mol. The molecule has 0 saturated carbocycles. The lowest BCUT2D eigenvalue weighted by atomic mass is 10.2. The van der Waals surface area contributed by atoms with E-state index >= 15 is 0 Å². The highest BCUT2D eigenvalue weighted by molar-refractivity contribution is 9.10. The van der Waals surface area contributed by atoms with E-state index in [0.29, 0.717) is 4.47 Å². The third-order valence-corrected chi connectivity index (χ3v) is 5.53. The maximum Gasteiger partial charge on any atom is 0.247 e. The molecule has 20 heavy (non-hydrogen) atoms. The van der Waals surface area contributed by atoms with Gasteiger partial charge in [0.2, 0.25) is 10.0 Å². The van der Waals surface area contributed by atoms with Crippen molar-refractivity contribution in [2.75, 3.05) is 25.5 Å². The number of aromatic nitrogens is 1. The Bertz CT molecular complexity index is 595. The zero-order valence-electron chi connectivity index (χ0n) is 10.9. The molecule has 1 aliphatic heterocycles. The standard InChI is InChI=1S/C11H16BrN3O4S/c1-7-6-19-9(5-16)4-15(7)20(17,18)10-2-8(12)3-14-11(10)13/h2-3,7,9,16H,4-6H2,1H3,(H2,13,14). The number of aliphatic hydroxyl groups is 1. The summed E-state index contributed by atoms with van der Waals surface area (Å²) in [6.07, 6.45) is 0.912. The summed E-state index contributed by atoms with van der Waals surface area (Å²) in [4.78, 5) is 3.80. The number of hydrogen-bond acceptors (Lipinski definition) is 6. The van der Waals surface area contributed by atoms with Crippen LogP contribution in [-0.2, 0) is 14.8 Å². The Balaban J connectivity index is 2.40. The molecule has 2 heterocycles. The van der Waals surface area contributed by atoms with E-state index in [1.165, 1.54) is 16.6 Å². The molecule has 2 rings (SSSR count). The molecule has 1 aromatic rings. The molecule has 0 aromatic carbocycles. The molecule has 9 heteroatoms. The lowest BCUT2D eigenvalue weighted by Crippen LogP contribution is -2.51. The number of nitrogens with zero attached hydrogens (tertiary/aromatic N) is 2. The van der Waals surface area contributed by atoms with Crippen LogP contribution in [0.1, 0.15) is 6.92 Å². The third kappa shape index (κ3) is 2.96. The van der Waals surface area contributed by atoms with Crippen LogP contribution in [0.3, 0.4) is 0 Å². The fourth-order valence-electron chi connectivity index (χ4n) is 2.00. The topological polar surface area (TPSA) is 106 Å². The van der Waals surface area contributed by atoms with Crippen molar-refractivity contribution in [2.45, 2.75) is 24.0 Å². The molecule has 0 aliphatic carbocycles. The van der Waals surface area contributed by atoms with Crippen LogP contribution in [0, 0.1) is 0 Å². The molecular weight excluding hydrogens is 350 g/mol. The summed E-state index contributed by atoms with van der Waals surface area (Å²) in [5.74, 6) is -0.0487. The molecule has 0 spiro atoms. The Morgan fingerprint density at radius 3 is 3.00 bits per heavy atom. The van der Waals surface area contributed by atoms with Gasteiger partial charge in [0.25, 0.3) is 0 Å². The van der Waals surface area contributed by atoms with Gasteiger partial charge in [-0.3, -0.25) is 0 Å². The van der Waals surface area contributed by atoms with Gasteiger partial charge in [0.15, 0.2) is 0 Å². The van der Waals surface area contributed by atoms with Crippen molar-refractivity contribution in [1.29, 1.82) is 0 Å². The van der Waals surface area contributed by atoms with E-state index in [1.807, 2.05) is 0 Å². The summed E-state index contributed by atoms with van der Waals surface area (Å²) < 4.78 is 32.5. The minimum Gasteiger partial charge on any atom is -0.394 e. The first kappa shape index (κ1) is 15.6. The number of halogens is 1. The summed E-state index contributed by atoms with van der Waals surface area (Å²) in [5.41, 5.74) is 5.68. The molecule has 1 aliphatic rings. The number of nitrogen functional groups attached to an aromatic ring is 1. The number of aliphatic hydroxyl groups excluding tert-OH is 1. The number of ether oxygens (including phenoxy) is 1. The minimum absolute atomic E-state index is 0.0442. The summed E-state index contributed by atoms with van der Waals surface area (Å²) in [6.45, 7) is 1.83. The lowest BCUT2D eigenvalue weighted by molar-refractivity contribution is -0.0516. The fourth-order valence-corrected chi connectivity index (χ4v) is 4.23. The van der Waals surface area contributed by atoms with E-state index in [0.717, 1.165) is 0 Å². The van der Waals surface area contributed by atoms with Crippen LogP contribution >= 0.6 is 15.9 Å². The van der Waals surface area contributed by atoms with Crippen molar-refractivity contribution in [3.8, 4) is 0 Å². The van der Waals surface area contributed by atoms with Gasteiger partial charge in [0.05, 0.1) is 19.3 Å². The highest BCUT2D eigenvalue weighted by Gasteiger charge is 2.36. The Morgan fingerprint density at radius 1 is 1.65 bits per heavy atom. The zero-order valence-corrected chi connectivity index (χ0v) is 13.3. The smallest absolute Gasteiger partial charge is 0.247 e. The first-order chi connectivity index (χ1) is 9.36. The number of sulfonamides is 1. The van der Waals surface area contributed by atoms with Gasteiger partial charge < -0.3 is 15.6 Å². The number of nitrogens with two attached hydrogens (primary N) is 1. The van der Waals surface area contributed by atoms with Crippen molar-refractivity contribution in [3.05, 3.63) is 16.7 Å². The summed E-state index contributed by atoms with van der Waals surface area (Å²) in [7, 11) is -3.78. The van der Waals surface area contributed by atoms with Crippen molar-refractivity contribution in [3.63, 3.8) is 0 Å². The molecule has 0 bridgehead atoms. The van der Waals surface area contributed by atoms with Crippen molar-refractivity contribution in [2.24, 2.45) is 0 Å². The van der Waals surface area contributed by atoms with Gasteiger partial charge in [-0.05, 0) is 28.9 Å². The molecule has 0 amide bonds.